The van der Waals surface area contributed by atoms with Crippen LogP contribution in [0.5, 0.6) is 0 Å². The summed E-state index contributed by atoms with van der Waals surface area (Å²) in [6.45, 7) is 9.31. The fourth-order valence-electron chi connectivity index (χ4n) is 2.27. The third kappa shape index (κ3) is 3.61. The van der Waals surface area contributed by atoms with Gasteiger partial charge in [-0.15, -0.1) is 11.3 Å². The van der Waals surface area contributed by atoms with E-state index >= 15 is 0 Å². The van der Waals surface area contributed by atoms with Gasteiger partial charge in [-0.25, -0.2) is 4.98 Å². The molecule has 0 saturated carbocycles. The summed E-state index contributed by atoms with van der Waals surface area (Å²) < 4.78 is 0. The van der Waals surface area contributed by atoms with Crippen molar-refractivity contribution >= 4 is 11.3 Å². The number of hydrogen-bond donors (Lipinski definition) is 1. The second-order valence-electron chi connectivity index (χ2n) is 4.91. The molecule has 1 unspecified atom stereocenters. The van der Waals surface area contributed by atoms with E-state index in [0.717, 1.165) is 24.4 Å². The Morgan fingerprint density at radius 1 is 1.32 bits per heavy atom. The Hall–Kier alpha value is -1.26. The molecule has 2 aromatic heterocycles. The molecule has 2 heterocycles. The highest BCUT2D eigenvalue weighted by atomic mass is 32.1. The first kappa shape index (κ1) is 14.2. The van der Waals surface area contributed by atoms with Gasteiger partial charge >= 0.3 is 0 Å². The van der Waals surface area contributed by atoms with Crippen LogP contribution in [0.3, 0.4) is 0 Å². The summed E-state index contributed by atoms with van der Waals surface area (Å²) >= 11 is 1.73. The van der Waals surface area contributed by atoms with Gasteiger partial charge < -0.3 is 5.32 Å². The fraction of sp³-hybridized carbons (Fsp3) is 0.467. The first-order valence-corrected chi connectivity index (χ1v) is 7.55. The minimum atomic E-state index is 0.246. The number of aryl methyl sites for hydroxylation is 3. The van der Waals surface area contributed by atoms with Crippen molar-refractivity contribution < 1.29 is 0 Å². The topological polar surface area (TPSA) is 37.8 Å². The number of hydrogen-bond acceptors (Lipinski definition) is 4. The van der Waals surface area contributed by atoms with Gasteiger partial charge in [-0.2, -0.15) is 0 Å². The highest BCUT2D eigenvalue weighted by molar-refractivity contribution is 7.09. The Bertz CT molecular complexity index is 548. The first-order valence-electron chi connectivity index (χ1n) is 6.67. The third-order valence-electron chi connectivity index (χ3n) is 3.08. The molecule has 0 aromatic carbocycles. The molecule has 0 aliphatic carbocycles. The molecule has 0 fully saturated rings. The van der Waals surface area contributed by atoms with Gasteiger partial charge in [0.1, 0.15) is 0 Å². The average molecular weight is 275 g/mol. The van der Waals surface area contributed by atoms with Crippen molar-refractivity contribution in [1.82, 2.24) is 15.3 Å². The second kappa shape index (κ2) is 6.26. The van der Waals surface area contributed by atoms with E-state index in [2.05, 4.69) is 47.5 Å². The highest BCUT2D eigenvalue weighted by Crippen LogP contribution is 2.22. The Balaban J connectivity index is 2.23. The Labute approximate surface area is 119 Å². The van der Waals surface area contributed by atoms with Crippen molar-refractivity contribution in [2.45, 2.75) is 40.2 Å². The number of pyridine rings is 1. The van der Waals surface area contributed by atoms with E-state index in [4.69, 9.17) is 0 Å². The van der Waals surface area contributed by atoms with Crippen LogP contribution in [0, 0.1) is 20.8 Å². The molecule has 3 nitrogen and oxygen atoms in total. The summed E-state index contributed by atoms with van der Waals surface area (Å²) in [7, 11) is 0. The molecule has 102 valence electrons. The van der Waals surface area contributed by atoms with Crippen LogP contribution in [0.1, 0.15) is 40.5 Å². The van der Waals surface area contributed by atoms with Crippen LogP contribution in [0.15, 0.2) is 17.6 Å². The molecular formula is C15H21N3S. The molecule has 0 bridgehead atoms. The van der Waals surface area contributed by atoms with E-state index in [1.807, 2.05) is 13.1 Å². The highest BCUT2D eigenvalue weighted by Gasteiger charge is 2.16. The lowest BCUT2D eigenvalue weighted by molar-refractivity contribution is 0.532. The summed E-state index contributed by atoms with van der Waals surface area (Å²) in [6.07, 6.45) is 2.85. The van der Waals surface area contributed by atoms with E-state index in [1.54, 1.807) is 11.3 Å². The zero-order valence-corrected chi connectivity index (χ0v) is 12.8. The first-order chi connectivity index (χ1) is 9.10. The molecule has 4 heteroatoms. The van der Waals surface area contributed by atoms with E-state index in [9.17, 15) is 0 Å². The van der Waals surface area contributed by atoms with Gasteiger partial charge in [-0.3, -0.25) is 4.98 Å². The molecule has 1 N–H and O–H groups in total. The summed E-state index contributed by atoms with van der Waals surface area (Å²) in [5.41, 5.74) is 4.70. The van der Waals surface area contributed by atoms with Crippen LogP contribution in [0.4, 0.5) is 0 Å². The standard InChI is InChI=1S/C15H21N3S/c1-5-16-13(7-14-18-12(4)9-19-14)15-11(3)6-10(2)8-17-15/h6,8-9,13,16H,5,7H2,1-4H3. The molecular weight excluding hydrogens is 254 g/mol. The number of aromatic nitrogens is 2. The maximum atomic E-state index is 4.61. The monoisotopic (exact) mass is 275 g/mol. The number of nitrogens with one attached hydrogen (secondary N) is 1. The number of thiazole rings is 1. The van der Waals surface area contributed by atoms with Crippen LogP contribution in [0.2, 0.25) is 0 Å². The van der Waals surface area contributed by atoms with Crippen LogP contribution in [0.25, 0.3) is 0 Å². The maximum absolute atomic E-state index is 4.61. The molecule has 19 heavy (non-hydrogen) atoms. The zero-order valence-electron chi connectivity index (χ0n) is 12.0. The van der Waals surface area contributed by atoms with Gasteiger partial charge in [0.25, 0.3) is 0 Å². The van der Waals surface area contributed by atoms with Crippen molar-refractivity contribution in [3.63, 3.8) is 0 Å². The SMILES string of the molecule is CCNC(Cc1nc(C)cs1)c1ncc(C)cc1C. The van der Waals surface area contributed by atoms with E-state index in [0.29, 0.717) is 0 Å². The zero-order chi connectivity index (χ0) is 13.8. The van der Waals surface area contributed by atoms with Crippen LogP contribution in [-0.4, -0.2) is 16.5 Å². The van der Waals surface area contributed by atoms with E-state index in [-0.39, 0.29) is 6.04 Å². The number of likely N-dealkylation sites (N-methyl/N-ethyl adjacent to an activating group) is 1. The summed E-state index contributed by atoms with van der Waals surface area (Å²) in [5, 5.41) is 6.80. The van der Waals surface area contributed by atoms with Crippen molar-refractivity contribution in [3.8, 4) is 0 Å². The molecule has 0 radical (unpaired) electrons. The Morgan fingerprint density at radius 2 is 2.11 bits per heavy atom. The largest absolute Gasteiger partial charge is 0.309 e. The predicted octanol–water partition coefficient (Wildman–Crippen LogP) is 3.36. The van der Waals surface area contributed by atoms with E-state index < -0.39 is 0 Å². The molecule has 2 aromatic rings. The minimum absolute atomic E-state index is 0.246. The van der Waals surface area contributed by atoms with Crippen molar-refractivity contribution in [1.29, 1.82) is 0 Å². The van der Waals surface area contributed by atoms with E-state index in [1.165, 1.54) is 16.1 Å². The average Bonchev–Trinajstić information content (AvgIpc) is 2.74. The molecule has 0 aliphatic heterocycles. The second-order valence-corrected chi connectivity index (χ2v) is 5.85. The number of rotatable bonds is 5. The van der Waals surface area contributed by atoms with Crippen LogP contribution < -0.4 is 5.32 Å². The summed E-state index contributed by atoms with van der Waals surface area (Å²) in [4.78, 5) is 9.17. The van der Waals surface area contributed by atoms with Crippen LogP contribution in [-0.2, 0) is 6.42 Å². The van der Waals surface area contributed by atoms with Crippen molar-refractivity contribution in [2.75, 3.05) is 6.54 Å². The minimum Gasteiger partial charge on any atom is -0.309 e. The van der Waals surface area contributed by atoms with Gasteiger partial charge in [-0.05, 0) is 38.4 Å². The van der Waals surface area contributed by atoms with Gasteiger partial charge in [0, 0.05) is 23.7 Å². The lowest BCUT2D eigenvalue weighted by atomic mass is 10.0. The molecule has 0 saturated heterocycles. The predicted molar refractivity (Wildman–Crippen MR) is 80.7 cm³/mol. The lowest BCUT2D eigenvalue weighted by Crippen LogP contribution is -2.24. The van der Waals surface area contributed by atoms with Gasteiger partial charge in [0.15, 0.2) is 0 Å². The summed E-state index contributed by atoms with van der Waals surface area (Å²) in [5.74, 6) is 0. The van der Waals surface area contributed by atoms with Gasteiger partial charge in [0.2, 0.25) is 0 Å². The smallest absolute Gasteiger partial charge is 0.0947 e. The Kier molecular flexibility index (Phi) is 4.66. The quantitative estimate of drug-likeness (QED) is 0.909. The summed E-state index contributed by atoms with van der Waals surface area (Å²) in [6, 6.07) is 2.44. The molecule has 0 spiro atoms. The van der Waals surface area contributed by atoms with Gasteiger partial charge in [-0.1, -0.05) is 13.0 Å². The Morgan fingerprint density at radius 3 is 2.68 bits per heavy atom. The molecule has 0 amide bonds. The van der Waals surface area contributed by atoms with Crippen molar-refractivity contribution in [3.05, 3.63) is 45.2 Å². The van der Waals surface area contributed by atoms with Crippen LogP contribution >= 0.6 is 11.3 Å². The third-order valence-corrected chi connectivity index (χ3v) is 4.07. The van der Waals surface area contributed by atoms with Gasteiger partial charge in [0.05, 0.1) is 16.7 Å². The lowest BCUT2D eigenvalue weighted by Gasteiger charge is -2.18. The van der Waals surface area contributed by atoms with Crippen molar-refractivity contribution in [2.24, 2.45) is 0 Å². The number of nitrogens with zero attached hydrogens (tertiary/aromatic N) is 2. The molecule has 0 aliphatic rings. The normalized spacial score (nSPS) is 12.6. The maximum Gasteiger partial charge on any atom is 0.0947 e. The fourth-order valence-corrected chi connectivity index (χ4v) is 3.09. The molecule has 2 rings (SSSR count). The molecule has 1 atom stereocenters.